The first-order valence-corrected chi connectivity index (χ1v) is 6.16. The number of hydrogen-bond donors (Lipinski definition) is 1. The van der Waals surface area contributed by atoms with Gasteiger partial charge in [-0.15, -0.1) is 0 Å². The molecule has 6 heteroatoms. The average Bonchev–Trinajstić information content (AvgIpc) is 2.24. The van der Waals surface area contributed by atoms with Crippen LogP contribution >= 0.6 is 0 Å². The molecule has 0 unspecified atom stereocenters. The highest BCUT2D eigenvalue weighted by Gasteiger charge is 2.18. The van der Waals surface area contributed by atoms with Crippen LogP contribution in [0.15, 0.2) is 16.7 Å². The third-order valence-corrected chi connectivity index (χ3v) is 3.28. The molecule has 0 aliphatic carbocycles. The lowest BCUT2D eigenvalue weighted by molar-refractivity contribution is 0.276. The van der Waals surface area contributed by atoms with Crippen LogP contribution in [0.5, 0.6) is 0 Å². The monoisotopic (exact) mass is 258 g/mol. The molecule has 0 aliphatic rings. The molecule has 1 aromatic rings. The van der Waals surface area contributed by atoms with E-state index in [-0.39, 0.29) is 6.61 Å². The van der Waals surface area contributed by atoms with Crippen LogP contribution in [0, 0.1) is 5.82 Å². The molecule has 4 nitrogen and oxygen atoms in total. The van der Waals surface area contributed by atoms with Crippen molar-refractivity contribution in [2.24, 2.45) is 4.40 Å². The molecular weight excluding hydrogens is 243 g/mol. The van der Waals surface area contributed by atoms with Gasteiger partial charge in [-0.05, 0) is 26.8 Å². The molecule has 0 radical (unpaired) electrons. The maximum atomic E-state index is 13.0. The average molecular weight is 258 g/mol. The van der Waals surface area contributed by atoms with E-state index in [1.165, 1.54) is 12.3 Å². The van der Waals surface area contributed by atoms with Gasteiger partial charge in [-0.1, -0.05) is 0 Å². The number of aliphatic hydroxyl groups excluding tert-OH is 1. The minimum absolute atomic E-state index is 0.307. The SMILES string of the molecule is CC(C)(C)[S@@](=O)/N=C/c1cc(F)cnc1CO. The summed E-state index contributed by atoms with van der Waals surface area (Å²) in [4.78, 5) is 3.72. The lowest BCUT2D eigenvalue weighted by Gasteiger charge is -2.12. The van der Waals surface area contributed by atoms with Crippen molar-refractivity contribution in [2.45, 2.75) is 32.1 Å². The van der Waals surface area contributed by atoms with E-state index in [2.05, 4.69) is 9.38 Å². The van der Waals surface area contributed by atoms with Crippen molar-refractivity contribution in [1.82, 2.24) is 4.98 Å². The molecule has 0 fully saturated rings. The van der Waals surface area contributed by atoms with Gasteiger partial charge in [-0.2, -0.15) is 4.40 Å². The fourth-order valence-electron chi connectivity index (χ4n) is 0.990. The van der Waals surface area contributed by atoms with E-state index in [1.54, 1.807) is 20.8 Å². The lowest BCUT2D eigenvalue weighted by atomic mass is 10.2. The minimum Gasteiger partial charge on any atom is -0.390 e. The molecule has 0 aliphatic heterocycles. The van der Waals surface area contributed by atoms with Gasteiger partial charge in [0.1, 0.15) is 16.8 Å². The molecule has 1 aromatic heterocycles. The second kappa shape index (κ2) is 5.46. The Morgan fingerprint density at radius 2 is 2.24 bits per heavy atom. The van der Waals surface area contributed by atoms with E-state index in [4.69, 9.17) is 5.11 Å². The molecule has 0 aromatic carbocycles. The first-order valence-electron chi connectivity index (χ1n) is 5.06. The molecule has 0 bridgehead atoms. The van der Waals surface area contributed by atoms with Crippen molar-refractivity contribution in [3.63, 3.8) is 0 Å². The predicted octanol–water partition coefficient (Wildman–Crippen LogP) is 1.59. The van der Waals surface area contributed by atoms with Gasteiger partial charge in [-0.25, -0.2) is 8.60 Å². The second-order valence-electron chi connectivity index (χ2n) is 4.44. The summed E-state index contributed by atoms with van der Waals surface area (Å²) >= 11 is 0. The Bertz CT molecular complexity index is 455. The Morgan fingerprint density at radius 3 is 2.76 bits per heavy atom. The zero-order valence-corrected chi connectivity index (χ0v) is 10.8. The maximum absolute atomic E-state index is 13.0. The molecule has 0 spiro atoms. The summed E-state index contributed by atoms with van der Waals surface area (Å²) in [6, 6.07) is 1.20. The van der Waals surface area contributed by atoms with Crippen LogP contribution in [0.2, 0.25) is 0 Å². The third kappa shape index (κ3) is 3.98. The van der Waals surface area contributed by atoms with Crippen molar-refractivity contribution >= 4 is 17.2 Å². The van der Waals surface area contributed by atoms with E-state index >= 15 is 0 Å². The number of rotatable bonds is 3. The Labute approximate surface area is 102 Å². The topological polar surface area (TPSA) is 62.5 Å². The Kier molecular flexibility index (Phi) is 4.47. The quantitative estimate of drug-likeness (QED) is 0.837. The van der Waals surface area contributed by atoms with Crippen LogP contribution in [0.25, 0.3) is 0 Å². The third-order valence-electron chi connectivity index (χ3n) is 1.93. The number of nitrogens with zero attached hydrogens (tertiary/aromatic N) is 2. The van der Waals surface area contributed by atoms with Crippen LogP contribution in [-0.4, -0.2) is 25.3 Å². The summed E-state index contributed by atoms with van der Waals surface area (Å²) in [6.07, 6.45) is 2.30. The molecule has 0 amide bonds. The lowest BCUT2D eigenvalue weighted by Crippen LogP contribution is -2.19. The smallest absolute Gasteiger partial charge is 0.144 e. The minimum atomic E-state index is -1.42. The molecule has 1 atom stereocenters. The number of aliphatic hydroxyl groups is 1. The largest absolute Gasteiger partial charge is 0.390 e. The summed E-state index contributed by atoms with van der Waals surface area (Å²) in [5.41, 5.74) is 0.645. The summed E-state index contributed by atoms with van der Waals surface area (Å²) < 4.78 is 28.0. The van der Waals surface area contributed by atoms with Gasteiger partial charge < -0.3 is 5.11 Å². The summed E-state index contributed by atoms with van der Waals surface area (Å²) in [6.45, 7) is 5.05. The predicted molar refractivity (Wildman–Crippen MR) is 65.6 cm³/mol. The fraction of sp³-hybridized carbons (Fsp3) is 0.455. The van der Waals surface area contributed by atoms with Crippen molar-refractivity contribution < 1.29 is 13.7 Å². The molecule has 0 saturated carbocycles. The first kappa shape index (κ1) is 13.9. The fourth-order valence-corrected chi connectivity index (χ4v) is 1.52. The van der Waals surface area contributed by atoms with Crippen molar-refractivity contribution in [3.8, 4) is 0 Å². The summed E-state index contributed by atoms with van der Waals surface area (Å²) in [7, 11) is -1.42. The van der Waals surface area contributed by atoms with E-state index < -0.39 is 21.5 Å². The number of halogens is 1. The highest BCUT2D eigenvalue weighted by Crippen LogP contribution is 2.13. The number of hydrogen-bond acceptors (Lipinski definition) is 3. The summed E-state index contributed by atoms with van der Waals surface area (Å²) in [5, 5.41) is 9.01. The first-order chi connectivity index (χ1) is 7.84. The van der Waals surface area contributed by atoms with E-state index in [1.807, 2.05) is 0 Å². The van der Waals surface area contributed by atoms with Crippen molar-refractivity contribution in [2.75, 3.05) is 0 Å². The Hall–Kier alpha value is -1.14. The van der Waals surface area contributed by atoms with Gasteiger partial charge in [0.2, 0.25) is 0 Å². The van der Waals surface area contributed by atoms with Gasteiger partial charge in [0.15, 0.2) is 0 Å². The highest BCUT2D eigenvalue weighted by atomic mass is 32.2. The van der Waals surface area contributed by atoms with Crippen LogP contribution < -0.4 is 0 Å². The van der Waals surface area contributed by atoms with Gasteiger partial charge in [0, 0.05) is 11.8 Å². The van der Waals surface area contributed by atoms with Crippen molar-refractivity contribution in [3.05, 3.63) is 29.3 Å². The van der Waals surface area contributed by atoms with E-state index in [0.29, 0.717) is 11.3 Å². The van der Waals surface area contributed by atoms with Gasteiger partial charge in [-0.3, -0.25) is 4.98 Å². The second-order valence-corrected chi connectivity index (χ2v) is 6.38. The summed E-state index contributed by atoms with van der Waals surface area (Å²) in [5.74, 6) is -0.523. The van der Waals surface area contributed by atoms with Crippen molar-refractivity contribution in [1.29, 1.82) is 0 Å². The molecule has 1 heterocycles. The van der Waals surface area contributed by atoms with Crippen LogP contribution in [0.1, 0.15) is 32.0 Å². The van der Waals surface area contributed by atoms with E-state index in [9.17, 15) is 8.60 Å². The normalized spacial score (nSPS) is 14.2. The molecule has 0 saturated heterocycles. The van der Waals surface area contributed by atoms with Crippen LogP contribution in [-0.2, 0) is 17.6 Å². The van der Waals surface area contributed by atoms with Crippen LogP contribution in [0.4, 0.5) is 4.39 Å². The molecule has 17 heavy (non-hydrogen) atoms. The molecule has 1 rings (SSSR count). The molecular formula is C11H15FN2O2S. The zero-order valence-electron chi connectivity index (χ0n) is 9.98. The van der Waals surface area contributed by atoms with Gasteiger partial charge >= 0.3 is 0 Å². The Balaban J connectivity index is 2.98. The highest BCUT2D eigenvalue weighted by molar-refractivity contribution is 7.85. The number of pyridine rings is 1. The van der Waals surface area contributed by atoms with Gasteiger partial charge in [0.05, 0.1) is 23.2 Å². The maximum Gasteiger partial charge on any atom is 0.144 e. The standard InChI is InChI=1S/C11H15FN2O2S/c1-11(2,3)17(16)14-5-8-4-9(12)6-13-10(8)7-15/h4-6,15H,7H2,1-3H3/b14-5+/t17-/m1/s1. The Morgan fingerprint density at radius 1 is 1.59 bits per heavy atom. The van der Waals surface area contributed by atoms with Gasteiger partial charge in [0.25, 0.3) is 0 Å². The molecule has 1 N–H and O–H groups in total. The van der Waals surface area contributed by atoms with E-state index in [0.717, 1.165) is 6.20 Å². The zero-order chi connectivity index (χ0) is 13.1. The van der Waals surface area contributed by atoms with Crippen LogP contribution in [0.3, 0.4) is 0 Å². The number of aromatic nitrogens is 1. The molecule has 94 valence electrons.